The van der Waals surface area contributed by atoms with Crippen LogP contribution in [0.25, 0.3) is 10.9 Å². The molecule has 3 rings (SSSR count). The fraction of sp³-hybridized carbons (Fsp3) is 0.476. The maximum absolute atomic E-state index is 14.0. The Kier molecular flexibility index (Phi) is 6.56. The number of halogens is 3. The van der Waals surface area contributed by atoms with Crippen LogP contribution in [0.5, 0.6) is 5.75 Å². The molecule has 0 spiro atoms. The van der Waals surface area contributed by atoms with Crippen LogP contribution in [0.2, 0.25) is 0 Å². The van der Waals surface area contributed by atoms with E-state index in [0.717, 1.165) is 12.1 Å². The number of hydrogen-bond acceptors (Lipinski definition) is 5. The molecule has 2 amide bonds. The highest BCUT2D eigenvalue weighted by molar-refractivity contribution is 5.97. The summed E-state index contributed by atoms with van der Waals surface area (Å²) in [5, 5.41) is 3.17. The van der Waals surface area contributed by atoms with Crippen molar-refractivity contribution in [1.29, 1.82) is 0 Å². The molecule has 0 atom stereocenters. The van der Waals surface area contributed by atoms with Crippen molar-refractivity contribution in [3.05, 3.63) is 35.8 Å². The minimum atomic E-state index is -3.15. The van der Waals surface area contributed by atoms with Gasteiger partial charge >= 0.3 is 12.7 Å². The molecule has 0 unspecified atom stereocenters. The molecule has 31 heavy (non-hydrogen) atoms. The lowest BCUT2D eigenvalue weighted by molar-refractivity contribution is -0.0521. The standard InChI is InChI=1S/C21H24F3N3O4/c1-21(2,3)31-20(29)27-6-4-14(5-7-27)26-18(28)13-8-12-9-15(22)17(30-19(23)24)10-16(12)25-11-13/h8-11,14,19H,4-7H2,1-3H3,(H,26,28). The predicted molar refractivity (Wildman–Crippen MR) is 107 cm³/mol. The normalized spacial score (nSPS) is 15.3. The number of carbonyl (C=O) groups excluding carboxylic acids is 2. The van der Waals surface area contributed by atoms with Crippen LogP contribution in [0, 0.1) is 5.82 Å². The molecule has 2 heterocycles. The van der Waals surface area contributed by atoms with E-state index in [0.29, 0.717) is 25.9 Å². The van der Waals surface area contributed by atoms with Gasteiger partial charge in [0.1, 0.15) is 5.60 Å². The lowest BCUT2D eigenvalue weighted by atomic mass is 10.0. The molecule has 1 fully saturated rings. The molecular formula is C21H24F3N3O4. The van der Waals surface area contributed by atoms with Crippen LogP contribution in [0.1, 0.15) is 44.0 Å². The Morgan fingerprint density at radius 3 is 2.48 bits per heavy atom. The molecule has 7 nitrogen and oxygen atoms in total. The maximum Gasteiger partial charge on any atom is 0.410 e. The Hall–Kier alpha value is -3.04. The number of nitrogens with one attached hydrogen (secondary N) is 1. The van der Waals surface area contributed by atoms with E-state index in [-0.39, 0.29) is 28.6 Å². The smallest absolute Gasteiger partial charge is 0.410 e. The zero-order valence-electron chi connectivity index (χ0n) is 17.5. The molecule has 0 saturated carbocycles. The van der Waals surface area contributed by atoms with Crippen LogP contribution >= 0.6 is 0 Å². The first-order valence-electron chi connectivity index (χ1n) is 9.85. The Bertz CT molecular complexity index is 970. The van der Waals surface area contributed by atoms with Crippen LogP contribution in [-0.4, -0.2) is 53.2 Å². The summed E-state index contributed by atoms with van der Waals surface area (Å²) in [5.74, 6) is -1.97. The summed E-state index contributed by atoms with van der Waals surface area (Å²) in [7, 11) is 0. The average molecular weight is 439 g/mol. The molecule has 168 valence electrons. The summed E-state index contributed by atoms with van der Waals surface area (Å²) in [6.45, 7) is 3.15. The molecule has 1 saturated heterocycles. The van der Waals surface area contributed by atoms with E-state index in [2.05, 4.69) is 15.0 Å². The fourth-order valence-electron chi connectivity index (χ4n) is 3.24. The maximum atomic E-state index is 14.0. The Balaban J connectivity index is 1.61. The van der Waals surface area contributed by atoms with Crippen molar-refractivity contribution in [3.8, 4) is 5.75 Å². The third kappa shape index (κ3) is 5.99. The van der Waals surface area contributed by atoms with Crippen molar-refractivity contribution in [3.63, 3.8) is 0 Å². The molecule has 10 heteroatoms. The molecule has 0 bridgehead atoms. The number of aromatic nitrogens is 1. The number of nitrogens with zero attached hydrogens (tertiary/aromatic N) is 2. The minimum absolute atomic E-state index is 0.138. The van der Waals surface area contributed by atoms with E-state index in [1.54, 1.807) is 25.7 Å². The summed E-state index contributed by atoms with van der Waals surface area (Å²) < 4.78 is 48.1. The number of carbonyl (C=O) groups is 2. The number of rotatable bonds is 4. The van der Waals surface area contributed by atoms with Gasteiger partial charge in [-0.2, -0.15) is 8.78 Å². The molecule has 1 aromatic heterocycles. The number of fused-ring (bicyclic) bond motifs is 1. The quantitative estimate of drug-likeness (QED) is 0.776. The largest absolute Gasteiger partial charge is 0.444 e. The van der Waals surface area contributed by atoms with E-state index >= 15 is 0 Å². The first-order chi connectivity index (χ1) is 14.5. The number of pyridine rings is 1. The number of piperidine rings is 1. The van der Waals surface area contributed by atoms with Crippen LogP contribution in [-0.2, 0) is 4.74 Å². The average Bonchev–Trinajstić information content (AvgIpc) is 2.67. The lowest BCUT2D eigenvalue weighted by Crippen LogP contribution is -2.47. The van der Waals surface area contributed by atoms with E-state index in [9.17, 15) is 22.8 Å². The van der Waals surface area contributed by atoms with Gasteiger partial charge in [0.15, 0.2) is 11.6 Å². The van der Waals surface area contributed by atoms with Gasteiger partial charge in [0.2, 0.25) is 0 Å². The van der Waals surface area contributed by atoms with Gasteiger partial charge in [-0.05, 0) is 45.7 Å². The van der Waals surface area contributed by atoms with Crippen molar-refractivity contribution < 1.29 is 32.2 Å². The second-order valence-corrected chi connectivity index (χ2v) is 8.29. The van der Waals surface area contributed by atoms with Crippen LogP contribution in [0.4, 0.5) is 18.0 Å². The van der Waals surface area contributed by atoms with E-state index < -0.39 is 29.7 Å². The van der Waals surface area contributed by atoms with Crippen molar-refractivity contribution >= 4 is 22.9 Å². The van der Waals surface area contributed by atoms with Gasteiger partial charge in [-0.15, -0.1) is 0 Å². The molecule has 1 aliphatic heterocycles. The van der Waals surface area contributed by atoms with Crippen molar-refractivity contribution in [1.82, 2.24) is 15.2 Å². The topological polar surface area (TPSA) is 80.8 Å². The SMILES string of the molecule is CC(C)(C)OC(=O)N1CCC(NC(=O)c2cnc3cc(OC(F)F)c(F)cc3c2)CC1. The second-order valence-electron chi connectivity index (χ2n) is 8.29. The van der Waals surface area contributed by atoms with Gasteiger partial charge in [-0.1, -0.05) is 0 Å². The molecule has 1 aromatic carbocycles. The molecule has 1 N–H and O–H groups in total. The first-order valence-corrected chi connectivity index (χ1v) is 9.85. The molecule has 1 aliphatic rings. The van der Waals surface area contributed by atoms with E-state index in [1.165, 1.54) is 12.3 Å². The van der Waals surface area contributed by atoms with E-state index in [1.807, 2.05) is 0 Å². The number of ether oxygens (including phenoxy) is 2. The van der Waals surface area contributed by atoms with E-state index in [4.69, 9.17) is 4.74 Å². The first kappa shape index (κ1) is 22.6. The summed E-state index contributed by atoms with van der Waals surface area (Å²) in [4.78, 5) is 30.4. The Morgan fingerprint density at radius 2 is 1.87 bits per heavy atom. The number of hydrogen-bond donors (Lipinski definition) is 1. The lowest BCUT2D eigenvalue weighted by Gasteiger charge is -2.33. The summed E-state index contributed by atoms with van der Waals surface area (Å²) >= 11 is 0. The monoisotopic (exact) mass is 439 g/mol. The zero-order valence-corrected chi connectivity index (χ0v) is 17.5. The van der Waals surface area contributed by atoms with Crippen LogP contribution in [0.15, 0.2) is 24.4 Å². The highest BCUT2D eigenvalue weighted by atomic mass is 19.3. The molecule has 0 radical (unpaired) electrons. The zero-order chi connectivity index (χ0) is 22.8. The third-order valence-corrected chi connectivity index (χ3v) is 4.70. The highest BCUT2D eigenvalue weighted by Gasteiger charge is 2.27. The van der Waals surface area contributed by atoms with Crippen LogP contribution < -0.4 is 10.1 Å². The van der Waals surface area contributed by atoms with Crippen molar-refractivity contribution in [2.75, 3.05) is 13.1 Å². The number of alkyl halides is 2. The summed E-state index contributed by atoms with van der Waals surface area (Å²) in [6, 6.07) is 3.35. The van der Waals surface area contributed by atoms with Crippen molar-refractivity contribution in [2.45, 2.75) is 51.9 Å². The van der Waals surface area contributed by atoms with Gasteiger partial charge in [0.05, 0.1) is 11.1 Å². The summed E-state index contributed by atoms with van der Waals surface area (Å²) in [6.07, 6.45) is 2.04. The Morgan fingerprint density at radius 1 is 1.19 bits per heavy atom. The molecule has 2 aromatic rings. The van der Waals surface area contributed by atoms with Gasteiger partial charge in [-0.3, -0.25) is 9.78 Å². The third-order valence-electron chi connectivity index (χ3n) is 4.70. The Labute approximate surface area is 177 Å². The molecular weight excluding hydrogens is 415 g/mol. The van der Waals surface area contributed by atoms with Gasteiger partial charge in [-0.25, -0.2) is 9.18 Å². The van der Waals surface area contributed by atoms with Gasteiger partial charge < -0.3 is 19.7 Å². The minimum Gasteiger partial charge on any atom is -0.444 e. The van der Waals surface area contributed by atoms with Gasteiger partial charge in [0, 0.05) is 36.8 Å². The fourth-order valence-corrected chi connectivity index (χ4v) is 3.24. The highest BCUT2D eigenvalue weighted by Crippen LogP contribution is 2.26. The van der Waals surface area contributed by atoms with Crippen LogP contribution in [0.3, 0.4) is 0 Å². The number of likely N-dealkylation sites (tertiary alicyclic amines) is 1. The number of amides is 2. The summed E-state index contributed by atoms with van der Waals surface area (Å²) in [5.41, 5.74) is -0.139. The molecule has 0 aliphatic carbocycles. The predicted octanol–water partition coefficient (Wildman–Crippen LogP) is 4.10. The van der Waals surface area contributed by atoms with Crippen molar-refractivity contribution in [2.24, 2.45) is 0 Å². The second kappa shape index (κ2) is 8.99. The number of benzene rings is 1. The van der Waals surface area contributed by atoms with Gasteiger partial charge in [0.25, 0.3) is 5.91 Å².